The Balaban J connectivity index is 2.25. The maximum atomic E-state index is 14.3. The summed E-state index contributed by atoms with van der Waals surface area (Å²) < 4.78 is 33.5. The van der Waals surface area contributed by atoms with Crippen molar-refractivity contribution >= 4 is 17.3 Å². The normalized spacial score (nSPS) is 17.8. The molecule has 1 aliphatic rings. The van der Waals surface area contributed by atoms with Crippen molar-refractivity contribution in [2.45, 2.75) is 32.1 Å². The van der Waals surface area contributed by atoms with Crippen LogP contribution < -0.4 is 15.0 Å². The number of rotatable bonds is 4. The third-order valence-corrected chi connectivity index (χ3v) is 3.91. The number of hydrogen-bond acceptors (Lipinski definition) is 3. The van der Waals surface area contributed by atoms with Crippen LogP contribution in [0.15, 0.2) is 18.2 Å². The Hall–Kier alpha value is -1.85. The van der Waals surface area contributed by atoms with Gasteiger partial charge in [0.05, 0.1) is 12.2 Å². The van der Waals surface area contributed by atoms with Gasteiger partial charge in [-0.05, 0) is 32.9 Å². The minimum atomic E-state index is -2.05. The molecule has 1 heterocycles. The van der Waals surface area contributed by atoms with Crippen molar-refractivity contribution in [1.29, 1.82) is 0 Å². The Kier molecular flexibility index (Phi) is 3.82. The first-order valence-corrected chi connectivity index (χ1v) is 6.77. The lowest BCUT2D eigenvalue weighted by molar-refractivity contribution is -0.120. The SMILES string of the molecule is CN1C(=O)COc2cccc(NCC(C)(F)C(C)(C)F)c21. The molecule has 0 bridgehead atoms. The summed E-state index contributed by atoms with van der Waals surface area (Å²) in [6.45, 7) is 3.38. The Morgan fingerprint density at radius 2 is 2.00 bits per heavy atom. The molecule has 1 atom stereocenters. The molecular formula is C15H20F2N2O2. The van der Waals surface area contributed by atoms with E-state index in [4.69, 9.17) is 4.74 Å². The van der Waals surface area contributed by atoms with Gasteiger partial charge < -0.3 is 15.0 Å². The number of halogens is 2. The highest BCUT2D eigenvalue weighted by atomic mass is 19.2. The molecule has 0 radical (unpaired) electrons. The summed E-state index contributed by atoms with van der Waals surface area (Å²) in [5.74, 6) is 0.354. The Morgan fingerprint density at radius 1 is 1.33 bits per heavy atom. The van der Waals surface area contributed by atoms with Gasteiger partial charge in [0.2, 0.25) is 0 Å². The second-order valence-electron chi connectivity index (χ2n) is 5.92. The maximum Gasteiger partial charge on any atom is 0.264 e. The van der Waals surface area contributed by atoms with Gasteiger partial charge in [0.25, 0.3) is 5.91 Å². The predicted octanol–water partition coefficient (Wildman–Crippen LogP) is 2.93. The highest BCUT2D eigenvalue weighted by Gasteiger charge is 2.42. The fourth-order valence-corrected chi connectivity index (χ4v) is 1.96. The van der Waals surface area contributed by atoms with E-state index in [0.717, 1.165) is 0 Å². The zero-order valence-corrected chi connectivity index (χ0v) is 12.7. The van der Waals surface area contributed by atoms with Crippen LogP contribution in [0.5, 0.6) is 5.75 Å². The van der Waals surface area contributed by atoms with Crippen molar-refractivity contribution < 1.29 is 18.3 Å². The number of likely N-dealkylation sites (N-methyl/N-ethyl adjacent to an activating group) is 1. The van der Waals surface area contributed by atoms with Crippen molar-refractivity contribution in [2.24, 2.45) is 0 Å². The van der Waals surface area contributed by atoms with Crippen LogP contribution in [0, 0.1) is 0 Å². The number of nitrogens with zero attached hydrogens (tertiary/aromatic N) is 1. The number of para-hydroxylation sites is 1. The van der Waals surface area contributed by atoms with E-state index in [1.807, 2.05) is 0 Å². The molecule has 0 aliphatic carbocycles. The van der Waals surface area contributed by atoms with Crippen molar-refractivity contribution in [3.8, 4) is 5.75 Å². The van der Waals surface area contributed by atoms with Crippen LogP contribution in [-0.2, 0) is 4.79 Å². The zero-order chi connectivity index (χ0) is 15.8. The number of benzene rings is 1. The van der Waals surface area contributed by atoms with Gasteiger partial charge in [-0.2, -0.15) is 0 Å². The summed E-state index contributed by atoms with van der Waals surface area (Å²) in [4.78, 5) is 13.2. The average Bonchev–Trinajstić information content (AvgIpc) is 2.39. The lowest BCUT2D eigenvalue weighted by Crippen LogP contribution is -2.46. The molecule has 1 unspecified atom stereocenters. The molecule has 4 nitrogen and oxygen atoms in total. The van der Waals surface area contributed by atoms with Crippen LogP contribution in [0.2, 0.25) is 0 Å². The van der Waals surface area contributed by atoms with Crippen LogP contribution in [-0.4, -0.2) is 37.4 Å². The lowest BCUT2D eigenvalue weighted by atomic mass is 9.91. The fraction of sp³-hybridized carbons (Fsp3) is 0.533. The van der Waals surface area contributed by atoms with Crippen molar-refractivity contribution in [3.05, 3.63) is 18.2 Å². The molecular weight excluding hydrogens is 278 g/mol. The molecule has 0 saturated carbocycles. The van der Waals surface area contributed by atoms with Gasteiger partial charge in [-0.3, -0.25) is 4.79 Å². The smallest absolute Gasteiger partial charge is 0.264 e. The molecule has 1 aromatic rings. The van der Waals surface area contributed by atoms with Crippen LogP contribution in [0.4, 0.5) is 20.2 Å². The van der Waals surface area contributed by atoms with Gasteiger partial charge in [-0.1, -0.05) is 6.07 Å². The quantitative estimate of drug-likeness (QED) is 0.929. The summed E-state index contributed by atoms with van der Waals surface area (Å²) in [5, 5.41) is 2.88. The predicted molar refractivity (Wildman–Crippen MR) is 78.5 cm³/mol. The third kappa shape index (κ3) is 2.94. The zero-order valence-electron chi connectivity index (χ0n) is 12.7. The molecule has 0 spiro atoms. The molecule has 2 rings (SSSR count). The Bertz CT molecular complexity index is 553. The minimum Gasteiger partial charge on any atom is -0.481 e. The number of carbonyl (C=O) groups is 1. The average molecular weight is 298 g/mol. The topological polar surface area (TPSA) is 41.6 Å². The molecule has 1 aromatic carbocycles. The summed E-state index contributed by atoms with van der Waals surface area (Å²) in [6, 6.07) is 5.18. The number of fused-ring (bicyclic) bond motifs is 1. The van der Waals surface area contributed by atoms with Gasteiger partial charge in [-0.25, -0.2) is 8.78 Å². The molecule has 0 aromatic heterocycles. The van der Waals surface area contributed by atoms with Crippen LogP contribution in [0.1, 0.15) is 20.8 Å². The Morgan fingerprint density at radius 3 is 2.62 bits per heavy atom. The van der Waals surface area contributed by atoms with E-state index in [1.165, 1.54) is 25.7 Å². The van der Waals surface area contributed by atoms with E-state index < -0.39 is 11.3 Å². The summed E-state index contributed by atoms with van der Waals surface area (Å²) in [6.07, 6.45) is 0. The van der Waals surface area contributed by atoms with Gasteiger partial charge in [0.1, 0.15) is 17.1 Å². The minimum absolute atomic E-state index is 0.0225. The number of alkyl halides is 2. The summed E-state index contributed by atoms with van der Waals surface area (Å²) in [7, 11) is 1.63. The van der Waals surface area contributed by atoms with E-state index in [-0.39, 0.29) is 19.1 Å². The number of carbonyl (C=O) groups excluding carboxylic acids is 1. The third-order valence-electron chi connectivity index (χ3n) is 3.91. The van der Waals surface area contributed by atoms with Gasteiger partial charge >= 0.3 is 0 Å². The highest BCUT2D eigenvalue weighted by Crippen LogP contribution is 2.39. The summed E-state index contributed by atoms with van der Waals surface area (Å²) in [5.41, 5.74) is -2.95. The molecule has 1 aliphatic heterocycles. The molecule has 0 fully saturated rings. The lowest BCUT2D eigenvalue weighted by Gasteiger charge is -2.33. The Labute approximate surface area is 123 Å². The van der Waals surface area contributed by atoms with Crippen LogP contribution in [0.25, 0.3) is 0 Å². The van der Waals surface area contributed by atoms with Gasteiger partial charge in [-0.15, -0.1) is 0 Å². The highest BCUT2D eigenvalue weighted by molar-refractivity contribution is 6.01. The second kappa shape index (κ2) is 5.16. The number of nitrogens with one attached hydrogen (secondary N) is 1. The van der Waals surface area contributed by atoms with Crippen molar-refractivity contribution in [2.75, 3.05) is 30.4 Å². The van der Waals surface area contributed by atoms with Crippen LogP contribution in [0.3, 0.4) is 0 Å². The number of hydrogen-bond donors (Lipinski definition) is 1. The molecule has 116 valence electrons. The van der Waals surface area contributed by atoms with Crippen molar-refractivity contribution in [3.63, 3.8) is 0 Å². The number of amides is 1. The van der Waals surface area contributed by atoms with E-state index in [0.29, 0.717) is 17.1 Å². The molecule has 0 saturated heterocycles. The first-order valence-electron chi connectivity index (χ1n) is 6.77. The first kappa shape index (κ1) is 15.5. The molecule has 21 heavy (non-hydrogen) atoms. The maximum absolute atomic E-state index is 14.3. The monoisotopic (exact) mass is 298 g/mol. The largest absolute Gasteiger partial charge is 0.481 e. The standard InChI is InChI=1S/C15H20F2N2O2/c1-14(2,16)15(3,17)9-18-10-6-5-7-11-13(10)19(4)12(20)8-21-11/h5-7,18H,8-9H2,1-4H3. The second-order valence-corrected chi connectivity index (χ2v) is 5.92. The molecule has 1 N–H and O–H groups in total. The number of anilines is 2. The van der Waals surface area contributed by atoms with Gasteiger partial charge in [0, 0.05) is 7.05 Å². The molecule has 6 heteroatoms. The van der Waals surface area contributed by atoms with Gasteiger partial charge in [0.15, 0.2) is 12.3 Å². The van der Waals surface area contributed by atoms with E-state index >= 15 is 0 Å². The molecule has 1 amide bonds. The van der Waals surface area contributed by atoms with Crippen LogP contribution >= 0.6 is 0 Å². The number of ether oxygens (including phenoxy) is 1. The van der Waals surface area contributed by atoms with Crippen molar-refractivity contribution in [1.82, 2.24) is 0 Å². The van der Waals surface area contributed by atoms with E-state index in [1.54, 1.807) is 25.2 Å². The fourth-order valence-electron chi connectivity index (χ4n) is 1.96. The first-order chi connectivity index (χ1) is 9.63. The van der Waals surface area contributed by atoms with E-state index in [2.05, 4.69) is 5.32 Å². The van der Waals surface area contributed by atoms with E-state index in [9.17, 15) is 13.6 Å². The summed E-state index contributed by atoms with van der Waals surface area (Å²) >= 11 is 0.